The second kappa shape index (κ2) is 5.16. The Bertz CT molecular complexity index is 119. The van der Waals surface area contributed by atoms with E-state index in [1.165, 1.54) is 0 Å². The summed E-state index contributed by atoms with van der Waals surface area (Å²) < 4.78 is 5.11. The first kappa shape index (κ1) is 10.5. The van der Waals surface area contributed by atoms with Gasteiger partial charge in [0.2, 0.25) is 0 Å². The minimum absolute atomic E-state index is 0.0500. The molecule has 0 saturated carbocycles. The van der Waals surface area contributed by atoms with E-state index in [9.17, 15) is 4.79 Å². The van der Waals surface area contributed by atoms with Gasteiger partial charge in [0.25, 0.3) is 0 Å². The molecule has 0 spiro atoms. The van der Waals surface area contributed by atoms with Crippen LogP contribution in [0.15, 0.2) is 0 Å². The highest BCUT2D eigenvalue weighted by atomic mass is 16.5. The number of ether oxygens (including phenoxy) is 1. The smallest absolute Gasteiger partial charge is 0.306 e. The van der Waals surface area contributed by atoms with E-state index in [1.807, 2.05) is 27.7 Å². The van der Waals surface area contributed by atoms with Gasteiger partial charge >= 0.3 is 5.97 Å². The molecule has 0 radical (unpaired) electrons. The second-order valence-electron chi connectivity index (χ2n) is 3.19. The number of carbonyl (C=O) groups is 1. The lowest BCUT2D eigenvalue weighted by Gasteiger charge is -2.15. The lowest BCUT2D eigenvalue weighted by molar-refractivity contribution is -0.150. The van der Waals surface area contributed by atoms with Gasteiger partial charge in [0.15, 0.2) is 0 Å². The van der Waals surface area contributed by atoms with Gasteiger partial charge in [-0.3, -0.25) is 4.79 Å². The fraction of sp³-hybridized carbons (Fsp3) is 0.889. The van der Waals surface area contributed by atoms with E-state index in [0.29, 0.717) is 12.3 Å². The van der Waals surface area contributed by atoms with E-state index in [4.69, 9.17) is 4.74 Å². The van der Waals surface area contributed by atoms with Crippen molar-refractivity contribution in [3.05, 3.63) is 0 Å². The highest BCUT2D eigenvalue weighted by molar-refractivity contribution is 5.69. The zero-order chi connectivity index (χ0) is 8.85. The Labute approximate surface area is 68.9 Å². The van der Waals surface area contributed by atoms with Crippen LogP contribution in [0.5, 0.6) is 0 Å². The standard InChI is InChI=1S/C9H18O2/c1-5-6-9(10)11-8(4)7(2)3/h7-8H,5-6H2,1-4H3/t8-/m0/s1. The molecule has 0 amide bonds. The van der Waals surface area contributed by atoms with E-state index < -0.39 is 0 Å². The summed E-state index contributed by atoms with van der Waals surface area (Å²) in [4.78, 5) is 10.9. The van der Waals surface area contributed by atoms with Gasteiger partial charge in [-0.05, 0) is 19.3 Å². The van der Waals surface area contributed by atoms with Crippen molar-refractivity contribution >= 4 is 5.97 Å². The van der Waals surface area contributed by atoms with Gasteiger partial charge in [-0.2, -0.15) is 0 Å². The van der Waals surface area contributed by atoms with Gasteiger partial charge in [-0.15, -0.1) is 0 Å². The quantitative estimate of drug-likeness (QED) is 0.587. The Kier molecular flexibility index (Phi) is 4.92. The summed E-state index contributed by atoms with van der Waals surface area (Å²) in [5.41, 5.74) is 0. The molecule has 0 aliphatic heterocycles. The normalized spacial score (nSPS) is 13.2. The SMILES string of the molecule is CCCC(=O)O[C@@H](C)C(C)C. The Morgan fingerprint density at radius 2 is 1.91 bits per heavy atom. The third-order valence-electron chi connectivity index (χ3n) is 1.71. The molecule has 1 atom stereocenters. The first-order valence-electron chi connectivity index (χ1n) is 4.27. The highest BCUT2D eigenvalue weighted by Crippen LogP contribution is 2.06. The Hall–Kier alpha value is -0.530. The monoisotopic (exact) mass is 158 g/mol. The molecule has 0 aromatic rings. The number of rotatable bonds is 4. The van der Waals surface area contributed by atoms with Gasteiger partial charge in [0, 0.05) is 6.42 Å². The molecule has 0 aromatic carbocycles. The van der Waals surface area contributed by atoms with Crippen molar-refractivity contribution in [1.29, 1.82) is 0 Å². The van der Waals surface area contributed by atoms with Crippen molar-refractivity contribution in [2.75, 3.05) is 0 Å². The molecule has 0 bridgehead atoms. The van der Waals surface area contributed by atoms with E-state index in [0.717, 1.165) is 6.42 Å². The third-order valence-corrected chi connectivity index (χ3v) is 1.71. The summed E-state index contributed by atoms with van der Waals surface area (Å²) in [5, 5.41) is 0. The lowest BCUT2D eigenvalue weighted by Crippen LogP contribution is -2.19. The first-order valence-corrected chi connectivity index (χ1v) is 4.27. The van der Waals surface area contributed by atoms with Gasteiger partial charge in [-0.25, -0.2) is 0 Å². The van der Waals surface area contributed by atoms with Crippen LogP contribution >= 0.6 is 0 Å². The van der Waals surface area contributed by atoms with Gasteiger partial charge in [0.1, 0.15) is 6.10 Å². The van der Waals surface area contributed by atoms with Crippen molar-refractivity contribution < 1.29 is 9.53 Å². The molecule has 2 nitrogen and oxygen atoms in total. The maximum Gasteiger partial charge on any atom is 0.306 e. The minimum Gasteiger partial charge on any atom is -0.462 e. The first-order chi connectivity index (χ1) is 5.07. The molecule has 66 valence electrons. The Morgan fingerprint density at radius 3 is 2.27 bits per heavy atom. The average molecular weight is 158 g/mol. The van der Waals surface area contributed by atoms with Gasteiger partial charge < -0.3 is 4.74 Å². The van der Waals surface area contributed by atoms with Gasteiger partial charge in [-0.1, -0.05) is 20.8 Å². The van der Waals surface area contributed by atoms with Crippen LogP contribution < -0.4 is 0 Å². The van der Waals surface area contributed by atoms with Crippen LogP contribution in [0.1, 0.15) is 40.5 Å². The maximum absolute atomic E-state index is 10.9. The molecule has 0 aromatic heterocycles. The van der Waals surface area contributed by atoms with Crippen LogP contribution in [0.3, 0.4) is 0 Å². The zero-order valence-corrected chi connectivity index (χ0v) is 7.89. The van der Waals surface area contributed by atoms with Crippen LogP contribution in [-0.2, 0) is 9.53 Å². The maximum atomic E-state index is 10.9. The van der Waals surface area contributed by atoms with Crippen LogP contribution in [0, 0.1) is 5.92 Å². The minimum atomic E-state index is -0.0753. The highest BCUT2D eigenvalue weighted by Gasteiger charge is 2.11. The molecule has 11 heavy (non-hydrogen) atoms. The van der Waals surface area contributed by atoms with Crippen LogP contribution in [0.25, 0.3) is 0 Å². The fourth-order valence-corrected chi connectivity index (χ4v) is 0.606. The number of esters is 1. The Morgan fingerprint density at radius 1 is 1.36 bits per heavy atom. The van der Waals surface area contributed by atoms with Gasteiger partial charge in [0.05, 0.1) is 0 Å². The third kappa shape index (κ3) is 4.82. The van der Waals surface area contributed by atoms with Crippen molar-refractivity contribution in [2.24, 2.45) is 5.92 Å². The topological polar surface area (TPSA) is 26.3 Å². The van der Waals surface area contributed by atoms with Crippen LogP contribution in [0.4, 0.5) is 0 Å². The fourth-order valence-electron chi connectivity index (χ4n) is 0.606. The summed E-state index contributed by atoms with van der Waals surface area (Å²) in [6.07, 6.45) is 1.45. The van der Waals surface area contributed by atoms with Crippen LogP contribution in [0.2, 0.25) is 0 Å². The molecule has 2 heteroatoms. The van der Waals surface area contributed by atoms with E-state index in [-0.39, 0.29) is 12.1 Å². The number of hydrogen-bond donors (Lipinski definition) is 0. The number of carbonyl (C=O) groups excluding carboxylic acids is 1. The molecule has 0 fully saturated rings. The largest absolute Gasteiger partial charge is 0.462 e. The summed E-state index contributed by atoms with van der Waals surface area (Å²) in [6, 6.07) is 0. The summed E-state index contributed by atoms with van der Waals surface area (Å²) in [7, 11) is 0. The molecular formula is C9H18O2. The van der Waals surface area contributed by atoms with Crippen molar-refractivity contribution in [3.63, 3.8) is 0 Å². The lowest BCUT2D eigenvalue weighted by atomic mass is 10.1. The predicted octanol–water partition coefficient (Wildman–Crippen LogP) is 2.37. The average Bonchev–Trinajstić information content (AvgIpc) is 1.87. The molecule has 0 aliphatic rings. The molecule has 0 aliphatic carbocycles. The van der Waals surface area contributed by atoms with E-state index >= 15 is 0 Å². The summed E-state index contributed by atoms with van der Waals surface area (Å²) in [6.45, 7) is 7.99. The van der Waals surface area contributed by atoms with E-state index in [1.54, 1.807) is 0 Å². The zero-order valence-electron chi connectivity index (χ0n) is 7.89. The van der Waals surface area contributed by atoms with Crippen molar-refractivity contribution in [1.82, 2.24) is 0 Å². The predicted molar refractivity (Wildman–Crippen MR) is 45.3 cm³/mol. The molecule has 0 rings (SSSR count). The summed E-state index contributed by atoms with van der Waals surface area (Å²) in [5.74, 6) is 0.338. The number of hydrogen-bond acceptors (Lipinski definition) is 2. The van der Waals surface area contributed by atoms with Crippen LogP contribution in [-0.4, -0.2) is 12.1 Å². The van der Waals surface area contributed by atoms with Crippen molar-refractivity contribution in [2.45, 2.75) is 46.6 Å². The van der Waals surface area contributed by atoms with Crippen molar-refractivity contribution in [3.8, 4) is 0 Å². The molecular weight excluding hydrogens is 140 g/mol. The second-order valence-corrected chi connectivity index (χ2v) is 3.19. The molecule has 0 unspecified atom stereocenters. The molecule has 0 heterocycles. The summed E-state index contributed by atoms with van der Waals surface area (Å²) >= 11 is 0. The molecule has 0 N–H and O–H groups in total. The molecule has 0 saturated heterocycles. The van der Waals surface area contributed by atoms with E-state index in [2.05, 4.69) is 0 Å². The Balaban J connectivity index is 3.57.